The molecular weight excluding hydrogens is 58.0 g/mol. The van der Waals surface area contributed by atoms with E-state index in [1.54, 1.807) is 0 Å². The lowest BCUT2D eigenvalue weighted by Gasteiger charge is -1.78. The van der Waals surface area contributed by atoms with Gasteiger partial charge in [-0.1, -0.05) is 0 Å². The molecule has 0 rings (SSSR count). The Bertz CT molecular complexity index is 5.25. The van der Waals surface area contributed by atoms with Crippen LogP contribution in [0.25, 0.3) is 0 Å². The van der Waals surface area contributed by atoms with Gasteiger partial charge in [0.2, 0.25) is 0 Å². The molecule has 0 aliphatic heterocycles. The predicted molar refractivity (Wildman–Crippen MR) is 11.5 cm³/mol. The molecule has 4 nitrogen and oxygen atoms in total. The second-order valence-corrected chi connectivity index (χ2v) is 0.220. The van der Waals surface area contributed by atoms with Gasteiger partial charge in [-0.2, -0.15) is 11.7 Å². The van der Waals surface area contributed by atoms with Crippen LogP contribution >= 0.6 is 0 Å². The summed E-state index contributed by atoms with van der Waals surface area (Å²) in [5.74, 6) is 10.1. The molecule has 1 radical (unpaired) electrons. The Morgan fingerprint density at radius 3 is 2.25 bits per heavy atom. The van der Waals surface area contributed by atoms with Crippen LogP contribution in [0, 0.1) is 0 Å². The first-order chi connectivity index (χ1) is 1.91. The molecule has 0 heterocycles. The quantitative estimate of drug-likeness (QED) is 0.366. The topological polar surface area (TPSA) is 71.1 Å². The highest BCUT2D eigenvalue weighted by Gasteiger charge is 1.46. The number of hydrogen-bond acceptors (Lipinski definition) is 3. The van der Waals surface area contributed by atoms with Crippen LogP contribution in [0.1, 0.15) is 0 Å². The normalized spacial score (nSPS) is 7.50. The monoisotopic (exact) mass is 62.0 g/mol. The summed E-state index contributed by atoms with van der Waals surface area (Å²) in [4.78, 5) is 3.46. The molecule has 4 N–H and O–H groups in total. The molecule has 0 amide bonds. The summed E-state index contributed by atoms with van der Waals surface area (Å²) in [6.07, 6.45) is 0. The maximum atomic E-state index is 5.85. The zero-order valence-corrected chi connectivity index (χ0v) is 1.99. The van der Waals surface area contributed by atoms with E-state index in [0.29, 0.717) is 0 Å². The molecular formula is H4N3O. The molecule has 0 aliphatic rings. The van der Waals surface area contributed by atoms with Crippen LogP contribution in [-0.4, -0.2) is 0 Å². The van der Waals surface area contributed by atoms with E-state index in [0.717, 1.165) is 0 Å². The Kier molecular flexibility index (Phi) is 2.73. The first kappa shape index (κ1) is 3.84. The lowest BCUT2D eigenvalue weighted by molar-refractivity contribution is 0.0350. The average molecular weight is 62.1 g/mol. The van der Waals surface area contributed by atoms with Gasteiger partial charge in [0, 0.05) is 0 Å². The molecule has 0 fully saturated rings. The van der Waals surface area contributed by atoms with E-state index < -0.39 is 0 Å². The van der Waals surface area contributed by atoms with Crippen molar-refractivity contribution in [2.75, 3.05) is 0 Å². The van der Waals surface area contributed by atoms with Crippen LogP contribution in [0.2, 0.25) is 0 Å². The second kappa shape index (κ2) is 2.84. The van der Waals surface area contributed by atoms with Crippen molar-refractivity contribution in [3.05, 3.63) is 0 Å². The minimum Gasteiger partial charge on any atom is -0.201 e. The van der Waals surface area contributed by atoms with Gasteiger partial charge in [0.05, 0.1) is 0 Å². The predicted octanol–water partition coefficient (Wildman–Crippen LogP) is -1.42. The van der Waals surface area contributed by atoms with Crippen molar-refractivity contribution in [3.8, 4) is 0 Å². The molecule has 0 aromatic carbocycles. The van der Waals surface area contributed by atoms with Gasteiger partial charge in [0.15, 0.2) is 0 Å². The second-order valence-electron chi connectivity index (χ2n) is 0.220. The number of rotatable bonds is 1. The molecule has 4 heteroatoms. The summed E-state index contributed by atoms with van der Waals surface area (Å²) in [7, 11) is 0. The van der Waals surface area contributed by atoms with E-state index in [9.17, 15) is 0 Å². The minimum atomic E-state index is 1.46. The number of nitrogens with two attached hydrogens (primary N) is 1. The van der Waals surface area contributed by atoms with E-state index in [1.165, 1.54) is 5.59 Å². The Balaban J connectivity index is 1.97. The van der Waals surface area contributed by atoms with Crippen LogP contribution in [0.15, 0.2) is 0 Å². The van der Waals surface area contributed by atoms with E-state index >= 15 is 0 Å². The molecule has 0 unspecified atom stereocenters. The third-order valence-electron chi connectivity index (χ3n) is 0.0589. The Morgan fingerprint density at radius 2 is 2.25 bits per heavy atom. The molecule has 25 valence electrons. The van der Waals surface area contributed by atoms with Crippen LogP contribution in [0.4, 0.5) is 0 Å². The summed E-state index contributed by atoms with van der Waals surface area (Å²) in [5.41, 5.74) is 1.46. The molecule has 0 saturated heterocycles. The Morgan fingerprint density at radius 1 is 2.00 bits per heavy atom. The van der Waals surface area contributed by atoms with Crippen LogP contribution in [-0.2, 0) is 4.94 Å². The van der Waals surface area contributed by atoms with Crippen molar-refractivity contribution >= 4 is 0 Å². The van der Waals surface area contributed by atoms with Gasteiger partial charge < -0.3 is 0 Å². The van der Waals surface area contributed by atoms with Gasteiger partial charge >= 0.3 is 0 Å². The Hall–Kier alpha value is -0.160. The van der Waals surface area contributed by atoms with Crippen LogP contribution in [0.3, 0.4) is 0 Å². The van der Waals surface area contributed by atoms with Crippen LogP contribution < -0.4 is 17.3 Å². The van der Waals surface area contributed by atoms with Crippen molar-refractivity contribution in [2.45, 2.75) is 0 Å². The summed E-state index contributed by atoms with van der Waals surface area (Å²) in [5, 5.41) is 0. The molecule has 0 atom stereocenters. The zero-order valence-electron chi connectivity index (χ0n) is 1.99. The summed E-state index contributed by atoms with van der Waals surface area (Å²) < 4.78 is 0. The minimum absolute atomic E-state index is 1.46. The maximum absolute atomic E-state index is 5.85. The molecule has 0 aromatic heterocycles. The fraction of sp³-hybridized carbons (Fsp3) is 0. The summed E-state index contributed by atoms with van der Waals surface area (Å²) in [6.45, 7) is 0. The SMILES string of the molecule is [NH]NON. The lowest BCUT2D eigenvalue weighted by atomic mass is 12.8. The highest BCUT2D eigenvalue weighted by molar-refractivity contribution is 3.51. The van der Waals surface area contributed by atoms with Crippen molar-refractivity contribution in [1.29, 1.82) is 0 Å². The van der Waals surface area contributed by atoms with Crippen molar-refractivity contribution in [3.63, 3.8) is 0 Å². The number of hydrogen-bond donors (Lipinski definition) is 2. The molecule has 4 heavy (non-hydrogen) atoms. The maximum Gasteiger partial charge on any atom is -0.102 e. The standard InChI is InChI=1S/H4N3O/c1-3-4-2/h1,3H,2H2. The third-order valence-corrected chi connectivity index (χ3v) is 0.0589. The number of nitrogens with one attached hydrogen (secondary N) is 2. The van der Waals surface area contributed by atoms with Gasteiger partial charge in [-0.3, -0.25) is 0 Å². The third kappa shape index (κ3) is 1.84. The van der Waals surface area contributed by atoms with E-state index in [1.807, 2.05) is 0 Å². The highest BCUT2D eigenvalue weighted by atomic mass is 16.8. The van der Waals surface area contributed by atoms with E-state index in [2.05, 4.69) is 10.8 Å². The van der Waals surface area contributed by atoms with Crippen molar-refractivity contribution < 1.29 is 4.94 Å². The summed E-state index contributed by atoms with van der Waals surface area (Å²) >= 11 is 0. The Labute approximate surface area is 23.6 Å². The fourth-order valence-corrected chi connectivity index (χ4v) is 0. The van der Waals surface area contributed by atoms with Gasteiger partial charge in [0.1, 0.15) is 0 Å². The molecule has 0 aliphatic carbocycles. The van der Waals surface area contributed by atoms with Crippen molar-refractivity contribution in [1.82, 2.24) is 11.4 Å². The highest BCUT2D eigenvalue weighted by Crippen LogP contribution is 1.17. The molecule has 0 saturated carbocycles. The average Bonchev–Trinajstić information content (AvgIpc) is 1.37. The van der Waals surface area contributed by atoms with E-state index in [-0.39, 0.29) is 0 Å². The summed E-state index contributed by atoms with van der Waals surface area (Å²) in [6, 6.07) is 0. The van der Waals surface area contributed by atoms with Crippen molar-refractivity contribution in [2.24, 2.45) is 5.90 Å². The van der Waals surface area contributed by atoms with Gasteiger partial charge in [0.25, 0.3) is 0 Å². The zero-order chi connectivity index (χ0) is 3.41. The molecule has 0 aromatic rings. The first-order valence-corrected chi connectivity index (χ1v) is 0.690. The first-order valence-electron chi connectivity index (χ1n) is 0.690. The van der Waals surface area contributed by atoms with E-state index in [4.69, 9.17) is 5.84 Å². The lowest BCUT2D eigenvalue weighted by Crippen LogP contribution is -2.15. The molecule has 0 spiro atoms. The van der Waals surface area contributed by atoms with Gasteiger partial charge in [-0.25, -0.2) is 4.94 Å². The smallest absolute Gasteiger partial charge is 0.102 e. The fourth-order valence-electron chi connectivity index (χ4n) is 0. The van der Waals surface area contributed by atoms with Gasteiger partial charge in [-0.15, -0.1) is 5.59 Å². The molecule has 0 bridgehead atoms. The van der Waals surface area contributed by atoms with Gasteiger partial charge in [-0.05, 0) is 0 Å². The van der Waals surface area contributed by atoms with Crippen LogP contribution in [0.5, 0.6) is 0 Å². The largest absolute Gasteiger partial charge is 0.201 e.